The van der Waals surface area contributed by atoms with Crippen LogP contribution in [0.4, 0.5) is 30.2 Å². The highest BCUT2D eigenvalue weighted by Gasteiger charge is 2.39. The zero-order valence-electron chi connectivity index (χ0n) is 11.3. The van der Waals surface area contributed by atoms with Crippen molar-refractivity contribution in [3.8, 4) is 5.75 Å². The molecule has 2 rings (SSSR count). The van der Waals surface area contributed by atoms with Crippen molar-refractivity contribution < 1.29 is 22.8 Å². The Hall–Kier alpha value is -2.77. The van der Waals surface area contributed by atoms with Gasteiger partial charge in [0.2, 0.25) is 0 Å². The lowest BCUT2D eigenvalue weighted by atomic mass is 10.1. The van der Waals surface area contributed by atoms with E-state index in [4.69, 9.17) is 4.74 Å². The van der Waals surface area contributed by atoms with Gasteiger partial charge < -0.3 is 10.1 Å². The number of nitro groups is 1. The van der Waals surface area contributed by atoms with E-state index in [9.17, 15) is 23.3 Å². The topological polar surface area (TPSA) is 64.4 Å². The lowest BCUT2D eigenvalue weighted by Crippen LogP contribution is -2.10. The number of hydrogen-bond donors (Lipinski definition) is 1. The summed E-state index contributed by atoms with van der Waals surface area (Å²) >= 11 is 0. The highest BCUT2D eigenvalue weighted by molar-refractivity contribution is 5.72. The summed E-state index contributed by atoms with van der Waals surface area (Å²) in [7, 11) is 1.44. The zero-order valence-corrected chi connectivity index (χ0v) is 11.3. The fraction of sp³-hybridized carbons (Fsp3) is 0.143. The Bertz CT molecular complexity index is 702. The van der Waals surface area contributed by atoms with Crippen LogP contribution in [-0.2, 0) is 6.18 Å². The molecule has 0 aliphatic heterocycles. The molecule has 2 aromatic carbocycles. The molecule has 1 N–H and O–H groups in total. The number of para-hydroxylation sites is 1. The largest absolute Gasteiger partial charge is 0.497 e. The van der Waals surface area contributed by atoms with Gasteiger partial charge in [0.25, 0.3) is 0 Å². The SMILES string of the molecule is COc1cccc(Nc2cccc(C(F)(F)F)c2[N+](=O)[O-])c1. The monoisotopic (exact) mass is 312 g/mol. The molecule has 0 amide bonds. The van der Waals surface area contributed by atoms with Gasteiger partial charge in [-0.25, -0.2) is 0 Å². The van der Waals surface area contributed by atoms with E-state index < -0.39 is 22.4 Å². The van der Waals surface area contributed by atoms with Crippen molar-refractivity contribution in [2.24, 2.45) is 0 Å². The summed E-state index contributed by atoms with van der Waals surface area (Å²) in [5, 5.41) is 13.7. The van der Waals surface area contributed by atoms with Gasteiger partial charge in [-0.3, -0.25) is 10.1 Å². The third kappa shape index (κ3) is 3.27. The summed E-state index contributed by atoms with van der Waals surface area (Å²) < 4.78 is 43.7. The summed E-state index contributed by atoms with van der Waals surface area (Å²) in [6.45, 7) is 0. The maximum atomic E-state index is 12.9. The Morgan fingerprint density at radius 3 is 2.45 bits per heavy atom. The van der Waals surface area contributed by atoms with Crippen LogP contribution in [0.15, 0.2) is 42.5 Å². The fourth-order valence-electron chi connectivity index (χ4n) is 1.93. The Labute approximate surface area is 123 Å². The van der Waals surface area contributed by atoms with E-state index in [0.29, 0.717) is 17.5 Å². The van der Waals surface area contributed by atoms with E-state index in [0.717, 1.165) is 6.07 Å². The van der Waals surface area contributed by atoms with Crippen LogP contribution in [0.5, 0.6) is 5.75 Å². The minimum atomic E-state index is -4.81. The second-order valence-corrected chi connectivity index (χ2v) is 4.31. The number of ether oxygens (including phenoxy) is 1. The first-order valence-corrected chi connectivity index (χ1v) is 6.08. The number of nitrogens with zero attached hydrogens (tertiary/aromatic N) is 1. The molecule has 0 saturated carbocycles. The normalized spacial score (nSPS) is 11.1. The minimum absolute atomic E-state index is 0.243. The van der Waals surface area contributed by atoms with Gasteiger partial charge >= 0.3 is 11.9 Å². The summed E-state index contributed by atoms with van der Waals surface area (Å²) in [5.41, 5.74) is -2.18. The van der Waals surface area contributed by atoms with Crippen molar-refractivity contribution in [3.63, 3.8) is 0 Å². The number of alkyl halides is 3. The van der Waals surface area contributed by atoms with Crippen LogP contribution in [0.1, 0.15) is 5.56 Å². The third-order valence-electron chi connectivity index (χ3n) is 2.87. The van der Waals surface area contributed by atoms with Crippen LogP contribution in [0.3, 0.4) is 0 Å². The molecule has 8 heteroatoms. The first-order chi connectivity index (χ1) is 10.3. The van der Waals surface area contributed by atoms with E-state index in [1.807, 2.05) is 0 Å². The molecule has 0 radical (unpaired) electrons. The standard InChI is InChI=1S/C14H11F3N2O3/c1-22-10-5-2-4-9(8-10)18-12-7-3-6-11(14(15,16)17)13(12)19(20)21/h2-8,18H,1H3. The van der Waals surface area contributed by atoms with Crippen molar-refractivity contribution in [1.82, 2.24) is 0 Å². The van der Waals surface area contributed by atoms with Gasteiger partial charge in [0, 0.05) is 11.8 Å². The van der Waals surface area contributed by atoms with E-state index in [-0.39, 0.29) is 5.69 Å². The van der Waals surface area contributed by atoms with Crippen molar-refractivity contribution in [3.05, 3.63) is 58.1 Å². The van der Waals surface area contributed by atoms with Crippen LogP contribution < -0.4 is 10.1 Å². The first kappa shape index (κ1) is 15.6. The van der Waals surface area contributed by atoms with Gasteiger partial charge in [-0.05, 0) is 24.3 Å². The summed E-state index contributed by atoms with van der Waals surface area (Å²) in [6.07, 6.45) is -4.81. The predicted octanol–water partition coefficient (Wildman–Crippen LogP) is 4.37. The number of anilines is 2. The number of rotatable bonds is 4. The zero-order chi connectivity index (χ0) is 16.3. The minimum Gasteiger partial charge on any atom is -0.497 e. The molecule has 0 spiro atoms. The van der Waals surface area contributed by atoms with E-state index >= 15 is 0 Å². The van der Waals surface area contributed by atoms with Crippen LogP contribution in [0.25, 0.3) is 0 Å². The van der Waals surface area contributed by atoms with Gasteiger partial charge in [0.1, 0.15) is 17.0 Å². The van der Waals surface area contributed by atoms with Crippen LogP contribution in [0, 0.1) is 10.1 Å². The average Bonchev–Trinajstić information content (AvgIpc) is 2.46. The van der Waals surface area contributed by atoms with Gasteiger partial charge in [0.15, 0.2) is 0 Å². The molecule has 5 nitrogen and oxygen atoms in total. The van der Waals surface area contributed by atoms with E-state index in [1.165, 1.54) is 19.2 Å². The molecule has 22 heavy (non-hydrogen) atoms. The van der Waals surface area contributed by atoms with Gasteiger partial charge in [-0.2, -0.15) is 13.2 Å². The summed E-state index contributed by atoms with van der Waals surface area (Å²) in [6, 6.07) is 9.34. The lowest BCUT2D eigenvalue weighted by molar-refractivity contribution is -0.387. The average molecular weight is 312 g/mol. The molecular weight excluding hydrogens is 301 g/mol. The second-order valence-electron chi connectivity index (χ2n) is 4.31. The molecule has 0 aliphatic rings. The van der Waals surface area contributed by atoms with Crippen LogP contribution in [0.2, 0.25) is 0 Å². The molecule has 0 aliphatic carbocycles. The van der Waals surface area contributed by atoms with Crippen molar-refractivity contribution in [1.29, 1.82) is 0 Å². The van der Waals surface area contributed by atoms with Crippen molar-refractivity contribution >= 4 is 17.1 Å². The van der Waals surface area contributed by atoms with Crippen molar-refractivity contribution in [2.45, 2.75) is 6.18 Å². The maximum Gasteiger partial charge on any atom is 0.423 e. The summed E-state index contributed by atoms with van der Waals surface area (Å²) in [5.74, 6) is 0.472. The Kier molecular flexibility index (Phi) is 4.20. The van der Waals surface area contributed by atoms with E-state index in [2.05, 4.69) is 5.32 Å². The molecule has 0 unspecified atom stereocenters. The number of benzene rings is 2. The molecule has 0 bridgehead atoms. The van der Waals surface area contributed by atoms with Crippen molar-refractivity contribution in [2.75, 3.05) is 12.4 Å². The van der Waals surface area contributed by atoms with Crippen LogP contribution in [-0.4, -0.2) is 12.0 Å². The predicted molar refractivity (Wildman–Crippen MR) is 74.4 cm³/mol. The number of hydrogen-bond acceptors (Lipinski definition) is 4. The molecule has 2 aromatic rings. The molecule has 116 valence electrons. The molecule has 0 atom stereocenters. The van der Waals surface area contributed by atoms with Gasteiger partial charge in [0.05, 0.1) is 12.0 Å². The molecule has 0 saturated heterocycles. The van der Waals surface area contributed by atoms with Gasteiger partial charge in [-0.15, -0.1) is 0 Å². The Morgan fingerprint density at radius 2 is 1.86 bits per heavy atom. The molecular formula is C14H11F3N2O3. The van der Waals surface area contributed by atoms with E-state index in [1.54, 1.807) is 18.2 Å². The molecule has 0 aromatic heterocycles. The smallest absolute Gasteiger partial charge is 0.423 e. The Morgan fingerprint density at radius 1 is 1.18 bits per heavy atom. The highest BCUT2D eigenvalue weighted by atomic mass is 19.4. The molecule has 0 fully saturated rings. The summed E-state index contributed by atoms with van der Waals surface area (Å²) in [4.78, 5) is 9.99. The quantitative estimate of drug-likeness (QED) is 0.672. The van der Waals surface area contributed by atoms with Gasteiger partial charge in [-0.1, -0.05) is 12.1 Å². The number of halogens is 3. The third-order valence-corrected chi connectivity index (χ3v) is 2.87. The number of nitrogens with one attached hydrogen (secondary N) is 1. The Balaban J connectivity index is 2.49. The number of methoxy groups -OCH3 is 1. The highest BCUT2D eigenvalue weighted by Crippen LogP contribution is 2.41. The maximum absolute atomic E-state index is 12.9. The lowest BCUT2D eigenvalue weighted by Gasteiger charge is -2.12. The van der Waals surface area contributed by atoms with Crippen LogP contribution >= 0.6 is 0 Å². The molecule has 0 heterocycles. The second kappa shape index (κ2) is 5.92. The fourth-order valence-corrected chi connectivity index (χ4v) is 1.93. The first-order valence-electron chi connectivity index (χ1n) is 6.08. The number of nitro benzene ring substituents is 1.